The summed E-state index contributed by atoms with van der Waals surface area (Å²) in [5, 5.41) is 0. The molecule has 0 unspecified atom stereocenters. The molecule has 0 radical (unpaired) electrons. The van der Waals surface area contributed by atoms with Gasteiger partial charge < -0.3 is 0 Å². The van der Waals surface area contributed by atoms with Crippen molar-refractivity contribution < 1.29 is 0 Å². The molecule has 0 atom stereocenters. The van der Waals surface area contributed by atoms with Crippen molar-refractivity contribution in [2.24, 2.45) is 0 Å². The summed E-state index contributed by atoms with van der Waals surface area (Å²) in [4.78, 5) is 8.35. The van der Waals surface area contributed by atoms with E-state index in [0.29, 0.717) is 0 Å². The quantitative estimate of drug-likeness (QED) is 0.634. The molecule has 0 saturated carbocycles. The van der Waals surface area contributed by atoms with Crippen LogP contribution in [0.25, 0.3) is 5.65 Å². The summed E-state index contributed by atoms with van der Waals surface area (Å²) in [5.41, 5.74) is 0.836. The molecule has 0 bridgehead atoms. The first-order valence-corrected chi connectivity index (χ1v) is 5.69. The van der Waals surface area contributed by atoms with E-state index in [1.165, 1.54) is 0 Å². The average Bonchev–Trinajstić information content (AvgIpc) is 2.33. The number of halogens is 3. The Bertz CT molecular complexity index is 440. The lowest BCUT2D eigenvalue weighted by atomic mass is 10.7. The van der Waals surface area contributed by atoms with Crippen molar-refractivity contribution in [1.29, 1.82) is 0 Å². The molecule has 2 rings (SSSR count). The highest BCUT2D eigenvalue weighted by Gasteiger charge is 2.05. The molecule has 0 amide bonds. The van der Waals surface area contributed by atoms with Crippen LogP contribution in [-0.2, 0) is 0 Å². The molecule has 62 valence electrons. The molecular formula is C6H2Br2IN3. The number of nitrogens with zero attached hydrogens (tertiary/aromatic N) is 3. The lowest BCUT2D eigenvalue weighted by molar-refractivity contribution is 1.06. The van der Waals surface area contributed by atoms with Crippen molar-refractivity contribution in [3.05, 3.63) is 25.3 Å². The molecule has 2 aromatic heterocycles. The molecule has 0 fully saturated rings. The van der Waals surface area contributed by atoms with Gasteiger partial charge in [0.1, 0.15) is 8.30 Å². The maximum absolute atomic E-state index is 4.18. The fourth-order valence-corrected chi connectivity index (χ4v) is 2.51. The van der Waals surface area contributed by atoms with Crippen molar-refractivity contribution in [3.63, 3.8) is 0 Å². The molecule has 3 nitrogen and oxygen atoms in total. The smallest absolute Gasteiger partial charge is 0.171 e. The Morgan fingerprint density at radius 2 is 2.17 bits per heavy atom. The van der Waals surface area contributed by atoms with Crippen LogP contribution in [0.5, 0.6) is 0 Å². The molecule has 0 aliphatic heterocycles. The van der Waals surface area contributed by atoms with Gasteiger partial charge in [-0.15, -0.1) is 0 Å². The molecule has 0 aromatic carbocycles. The maximum Gasteiger partial charge on any atom is 0.171 e. The van der Waals surface area contributed by atoms with E-state index in [2.05, 4.69) is 64.4 Å². The second-order valence-corrected chi connectivity index (χ2v) is 4.80. The van der Waals surface area contributed by atoms with Gasteiger partial charge in [-0.2, -0.15) is 0 Å². The first-order chi connectivity index (χ1) is 5.68. The summed E-state index contributed by atoms with van der Waals surface area (Å²) in [6.07, 6.45) is 3.68. The SMILES string of the molecule is Brc1cn2c(I)cnc2c(Br)n1. The first kappa shape index (κ1) is 8.89. The fraction of sp³-hybridized carbons (Fsp3) is 0. The van der Waals surface area contributed by atoms with E-state index >= 15 is 0 Å². The number of fused-ring (bicyclic) bond motifs is 1. The summed E-state index contributed by atoms with van der Waals surface area (Å²) in [7, 11) is 0. The maximum atomic E-state index is 4.18. The summed E-state index contributed by atoms with van der Waals surface area (Å²) in [6, 6.07) is 0. The molecule has 0 aliphatic rings. The molecular weight excluding hydrogens is 401 g/mol. The van der Waals surface area contributed by atoms with Gasteiger partial charge in [0.2, 0.25) is 0 Å². The lowest BCUT2D eigenvalue weighted by Crippen LogP contribution is -1.91. The normalized spacial score (nSPS) is 10.9. The summed E-state index contributed by atoms with van der Waals surface area (Å²) < 4.78 is 4.56. The highest BCUT2D eigenvalue weighted by molar-refractivity contribution is 14.1. The number of hydrogen-bond acceptors (Lipinski definition) is 2. The van der Waals surface area contributed by atoms with Gasteiger partial charge in [0.05, 0.1) is 6.20 Å². The predicted molar refractivity (Wildman–Crippen MR) is 61.1 cm³/mol. The minimum absolute atomic E-state index is 0.750. The van der Waals surface area contributed by atoms with Crippen molar-refractivity contribution >= 4 is 60.1 Å². The molecule has 0 N–H and O–H groups in total. The van der Waals surface area contributed by atoms with E-state index < -0.39 is 0 Å². The number of hydrogen-bond donors (Lipinski definition) is 0. The Hall–Kier alpha value is 0.310. The molecule has 2 aromatic rings. The van der Waals surface area contributed by atoms with E-state index in [1.807, 2.05) is 10.6 Å². The molecule has 12 heavy (non-hydrogen) atoms. The van der Waals surface area contributed by atoms with Gasteiger partial charge in [-0.3, -0.25) is 4.40 Å². The predicted octanol–water partition coefficient (Wildman–Crippen LogP) is 2.86. The van der Waals surface area contributed by atoms with Gasteiger partial charge in [-0.1, -0.05) is 0 Å². The third-order valence-corrected chi connectivity index (χ3v) is 3.09. The molecule has 0 spiro atoms. The van der Waals surface area contributed by atoms with Crippen molar-refractivity contribution in [1.82, 2.24) is 14.4 Å². The summed E-state index contributed by atoms with van der Waals surface area (Å²) in [5.74, 6) is 0. The standard InChI is InChI=1S/C6H2Br2IN3/c7-3-2-12-4(9)1-10-6(12)5(8)11-3/h1-2H. The van der Waals surface area contributed by atoms with Crippen LogP contribution in [0, 0.1) is 3.70 Å². The minimum atomic E-state index is 0.750. The lowest BCUT2D eigenvalue weighted by Gasteiger charge is -1.97. The zero-order chi connectivity index (χ0) is 8.72. The van der Waals surface area contributed by atoms with Crippen LogP contribution in [0.2, 0.25) is 0 Å². The second kappa shape index (κ2) is 3.22. The number of rotatable bonds is 0. The molecule has 0 saturated heterocycles. The van der Waals surface area contributed by atoms with Crippen LogP contribution >= 0.6 is 54.5 Å². The number of aromatic nitrogens is 3. The van der Waals surface area contributed by atoms with Gasteiger partial charge in [0.25, 0.3) is 0 Å². The van der Waals surface area contributed by atoms with Gasteiger partial charge >= 0.3 is 0 Å². The van der Waals surface area contributed by atoms with Gasteiger partial charge in [-0.05, 0) is 54.5 Å². The zero-order valence-corrected chi connectivity index (χ0v) is 11.0. The Kier molecular flexibility index (Phi) is 2.39. The monoisotopic (exact) mass is 401 g/mol. The molecule has 6 heteroatoms. The van der Waals surface area contributed by atoms with E-state index in [0.717, 1.165) is 18.6 Å². The van der Waals surface area contributed by atoms with Crippen molar-refractivity contribution in [3.8, 4) is 0 Å². The van der Waals surface area contributed by atoms with Crippen molar-refractivity contribution in [2.45, 2.75) is 0 Å². The van der Waals surface area contributed by atoms with Crippen LogP contribution in [-0.4, -0.2) is 14.4 Å². The third kappa shape index (κ3) is 1.39. The van der Waals surface area contributed by atoms with Crippen LogP contribution in [0.3, 0.4) is 0 Å². The largest absolute Gasteiger partial charge is 0.290 e. The van der Waals surface area contributed by atoms with Gasteiger partial charge in [0, 0.05) is 6.20 Å². The van der Waals surface area contributed by atoms with E-state index in [-0.39, 0.29) is 0 Å². The van der Waals surface area contributed by atoms with E-state index in [9.17, 15) is 0 Å². The Labute approximate surface area is 99.0 Å². The minimum Gasteiger partial charge on any atom is -0.290 e. The van der Waals surface area contributed by atoms with Gasteiger partial charge in [-0.25, -0.2) is 9.97 Å². The van der Waals surface area contributed by atoms with Crippen molar-refractivity contribution in [2.75, 3.05) is 0 Å². The highest BCUT2D eigenvalue weighted by Crippen LogP contribution is 2.19. The summed E-state index contributed by atoms with van der Waals surface area (Å²) >= 11 is 8.86. The first-order valence-electron chi connectivity index (χ1n) is 3.03. The van der Waals surface area contributed by atoms with Crippen LogP contribution in [0.1, 0.15) is 0 Å². The summed E-state index contributed by atoms with van der Waals surface area (Å²) in [6.45, 7) is 0. The zero-order valence-electron chi connectivity index (χ0n) is 5.63. The topological polar surface area (TPSA) is 30.2 Å². The Balaban J connectivity index is 2.92. The third-order valence-electron chi connectivity index (χ3n) is 1.38. The average molecular weight is 403 g/mol. The van der Waals surface area contributed by atoms with Crippen LogP contribution in [0.4, 0.5) is 0 Å². The fourth-order valence-electron chi connectivity index (χ4n) is 0.895. The molecule has 0 aliphatic carbocycles. The second-order valence-electron chi connectivity index (χ2n) is 2.13. The van der Waals surface area contributed by atoms with Gasteiger partial charge in [0.15, 0.2) is 10.3 Å². The number of imidazole rings is 1. The Morgan fingerprint density at radius 1 is 1.42 bits per heavy atom. The van der Waals surface area contributed by atoms with Crippen LogP contribution < -0.4 is 0 Å². The van der Waals surface area contributed by atoms with Crippen LogP contribution in [0.15, 0.2) is 21.6 Å². The van der Waals surface area contributed by atoms with E-state index in [1.54, 1.807) is 6.20 Å². The highest BCUT2D eigenvalue weighted by atomic mass is 127. The van der Waals surface area contributed by atoms with E-state index in [4.69, 9.17) is 0 Å². The Morgan fingerprint density at radius 3 is 2.92 bits per heavy atom. The molecule has 2 heterocycles.